The fourth-order valence-corrected chi connectivity index (χ4v) is 9.71. The van der Waals surface area contributed by atoms with Gasteiger partial charge >= 0.3 is 0 Å². The van der Waals surface area contributed by atoms with Gasteiger partial charge in [-0.2, -0.15) is 0 Å². The van der Waals surface area contributed by atoms with Crippen LogP contribution >= 0.6 is 0 Å². The van der Waals surface area contributed by atoms with E-state index in [9.17, 15) is 0 Å². The highest BCUT2D eigenvalue weighted by Crippen LogP contribution is 2.53. The van der Waals surface area contributed by atoms with Crippen molar-refractivity contribution >= 4 is 86.2 Å². The SMILES string of the molecule is Cc1cc(C)cc(-c2c3cc4c(cc3c(-c3cc(C)cc(C)c3)c3c5cccc6cccc(c23)c65)c2cc3ccccc3c3cccc4c32)c1. The predicted octanol–water partition coefficient (Wildman–Crippen LogP) is 14.4. The van der Waals surface area contributed by atoms with Crippen LogP contribution < -0.4 is 0 Å². The van der Waals surface area contributed by atoms with E-state index < -0.39 is 0 Å². The summed E-state index contributed by atoms with van der Waals surface area (Å²) in [6.07, 6.45) is 0. The van der Waals surface area contributed by atoms with E-state index in [4.69, 9.17) is 0 Å². The minimum Gasteiger partial charge on any atom is -0.0616 e. The fourth-order valence-electron chi connectivity index (χ4n) is 9.71. The molecule has 0 heteroatoms. The zero-order valence-corrected chi connectivity index (χ0v) is 28.7. The second-order valence-corrected chi connectivity index (χ2v) is 14.8. The normalized spacial score (nSPS) is 12.4. The van der Waals surface area contributed by atoms with Gasteiger partial charge in [0.05, 0.1) is 0 Å². The molecular formula is C50H34. The van der Waals surface area contributed by atoms with Gasteiger partial charge in [0.2, 0.25) is 0 Å². The van der Waals surface area contributed by atoms with Gasteiger partial charge < -0.3 is 0 Å². The van der Waals surface area contributed by atoms with E-state index in [1.807, 2.05) is 0 Å². The Kier molecular flexibility index (Phi) is 5.47. The Bertz CT molecular complexity index is 3180. The molecule has 0 amide bonds. The summed E-state index contributed by atoms with van der Waals surface area (Å²) in [4.78, 5) is 0. The Morgan fingerprint density at radius 2 is 0.700 bits per heavy atom. The van der Waals surface area contributed by atoms with E-state index in [-0.39, 0.29) is 0 Å². The van der Waals surface area contributed by atoms with Gasteiger partial charge in [-0.1, -0.05) is 138 Å². The summed E-state index contributed by atoms with van der Waals surface area (Å²) in [7, 11) is 0. The third-order valence-electron chi connectivity index (χ3n) is 11.4. The Morgan fingerprint density at radius 1 is 0.260 bits per heavy atom. The Morgan fingerprint density at radius 3 is 1.28 bits per heavy atom. The van der Waals surface area contributed by atoms with E-state index >= 15 is 0 Å². The first-order chi connectivity index (χ1) is 24.4. The first-order valence-electron chi connectivity index (χ1n) is 17.8. The van der Waals surface area contributed by atoms with Crippen molar-refractivity contribution < 1.29 is 0 Å². The topological polar surface area (TPSA) is 0 Å². The third kappa shape index (κ3) is 3.66. The molecule has 0 aliphatic rings. The van der Waals surface area contributed by atoms with E-state index in [2.05, 4.69) is 161 Å². The summed E-state index contributed by atoms with van der Waals surface area (Å²) >= 11 is 0. The van der Waals surface area contributed by atoms with Crippen molar-refractivity contribution in [2.45, 2.75) is 27.7 Å². The van der Waals surface area contributed by atoms with Crippen LogP contribution in [0, 0.1) is 27.7 Å². The maximum absolute atomic E-state index is 2.55. The van der Waals surface area contributed by atoms with Gasteiger partial charge in [-0.3, -0.25) is 0 Å². The molecule has 0 unspecified atom stereocenters. The molecule has 0 aromatic heterocycles. The molecule has 11 aromatic rings. The van der Waals surface area contributed by atoms with Crippen LogP contribution in [0.2, 0.25) is 0 Å². The Balaban J connectivity index is 1.47. The molecule has 0 spiro atoms. The second kappa shape index (κ2) is 9.80. The Hall–Kier alpha value is -5.98. The molecule has 0 heterocycles. The van der Waals surface area contributed by atoms with Crippen molar-refractivity contribution in [2.24, 2.45) is 0 Å². The van der Waals surface area contributed by atoms with Crippen molar-refractivity contribution in [3.8, 4) is 22.3 Å². The van der Waals surface area contributed by atoms with Gasteiger partial charge in [-0.25, -0.2) is 0 Å². The van der Waals surface area contributed by atoms with Crippen LogP contribution in [-0.2, 0) is 0 Å². The molecule has 0 saturated carbocycles. The zero-order valence-electron chi connectivity index (χ0n) is 28.7. The van der Waals surface area contributed by atoms with Crippen molar-refractivity contribution in [1.29, 1.82) is 0 Å². The van der Waals surface area contributed by atoms with Gasteiger partial charge in [0.1, 0.15) is 0 Å². The molecule has 11 aromatic carbocycles. The molecule has 0 saturated heterocycles. The van der Waals surface area contributed by atoms with Gasteiger partial charge in [0.25, 0.3) is 0 Å². The summed E-state index contributed by atoms with van der Waals surface area (Å²) in [5, 5.41) is 21.4. The lowest BCUT2D eigenvalue weighted by Crippen LogP contribution is -1.92. The lowest BCUT2D eigenvalue weighted by Gasteiger charge is -2.18. The lowest BCUT2D eigenvalue weighted by molar-refractivity contribution is 1.39. The highest BCUT2D eigenvalue weighted by molar-refractivity contribution is 6.42. The standard InChI is InChI=1S/C50H34/c1-27-18-28(2)21-33(20-27)46-43-25-40-37-15-9-14-36-35-13-6-5-10-32(35)24-42(48(36)37)41(40)26-44(43)47(34-22-29(3)19-30(4)23-34)50-39-17-8-12-31-11-7-16-38(45(31)39)49(46)50/h5-26H,1-4H3. The van der Waals surface area contributed by atoms with Crippen LogP contribution in [0.5, 0.6) is 0 Å². The number of aryl methyl sites for hydroxylation is 4. The lowest BCUT2D eigenvalue weighted by atomic mass is 9.84. The highest BCUT2D eigenvalue weighted by Gasteiger charge is 2.25. The molecule has 0 aliphatic carbocycles. The summed E-state index contributed by atoms with van der Waals surface area (Å²) < 4.78 is 0. The van der Waals surface area contributed by atoms with E-state index in [1.165, 1.54) is 131 Å². The monoisotopic (exact) mass is 634 g/mol. The molecule has 0 fully saturated rings. The fraction of sp³-hybridized carbons (Fsp3) is 0.0800. The quantitative estimate of drug-likeness (QED) is 0.166. The molecule has 0 nitrogen and oxygen atoms in total. The van der Waals surface area contributed by atoms with Gasteiger partial charge in [0, 0.05) is 0 Å². The molecule has 0 atom stereocenters. The number of benzene rings is 9. The number of hydrogen-bond acceptors (Lipinski definition) is 0. The third-order valence-corrected chi connectivity index (χ3v) is 11.4. The van der Waals surface area contributed by atoms with Crippen LogP contribution in [0.3, 0.4) is 0 Å². The summed E-state index contributed by atoms with van der Waals surface area (Å²) in [6.45, 7) is 8.94. The van der Waals surface area contributed by atoms with Crippen molar-refractivity contribution in [2.75, 3.05) is 0 Å². The van der Waals surface area contributed by atoms with Crippen LogP contribution in [0.25, 0.3) is 108 Å². The summed E-state index contributed by atoms with van der Waals surface area (Å²) in [5.41, 5.74) is 10.4. The minimum atomic E-state index is 1.29. The number of rotatable bonds is 2. The molecule has 11 rings (SSSR count). The maximum atomic E-state index is 2.55. The predicted molar refractivity (Wildman–Crippen MR) is 219 cm³/mol. The Labute approximate surface area is 290 Å². The van der Waals surface area contributed by atoms with Gasteiger partial charge in [-0.15, -0.1) is 0 Å². The molecule has 50 heavy (non-hydrogen) atoms. The van der Waals surface area contributed by atoms with Gasteiger partial charge in [-0.05, 0) is 154 Å². The van der Waals surface area contributed by atoms with Crippen molar-refractivity contribution in [3.63, 3.8) is 0 Å². The second-order valence-electron chi connectivity index (χ2n) is 14.8. The smallest absolute Gasteiger partial charge is 0.000741 e. The summed E-state index contributed by atoms with van der Waals surface area (Å²) in [5.74, 6) is 0. The molecular weight excluding hydrogens is 601 g/mol. The molecule has 234 valence electrons. The van der Waals surface area contributed by atoms with E-state index in [1.54, 1.807) is 0 Å². The van der Waals surface area contributed by atoms with Gasteiger partial charge in [0.15, 0.2) is 0 Å². The largest absolute Gasteiger partial charge is 0.0616 e. The molecule has 0 aliphatic heterocycles. The van der Waals surface area contributed by atoms with E-state index in [0.29, 0.717) is 0 Å². The average Bonchev–Trinajstić information content (AvgIpc) is 3.59. The zero-order chi connectivity index (χ0) is 33.4. The molecule has 0 bridgehead atoms. The van der Waals surface area contributed by atoms with Crippen LogP contribution in [-0.4, -0.2) is 0 Å². The maximum Gasteiger partial charge on any atom is -0.000741 e. The van der Waals surface area contributed by atoms with Crippen LogP contribution in [0.1, 0.15) is 22.3 Å². The first-order valence-corrected chi connectivity index (χ1v) is 17.8. The minimum absolute atomic E-state index is 1.29. The van der Waals surface area contributed by atoms with Crippen molar-refractivity contribution in [3.05, 3.63) is 156 Å². The number of fused-ring (bicyclic) bond motifs is 9. The molecule has 0 N–H and O–H groups in total. The summed E-state index contributed by atoms with van der Waals surface area (Å²) in [6, 6.07) is 51.2. The van der Waals surface area contributed by atoms with Crippen LogP contribution in [0.15, 0.2) is 133 Å². The van der Waals surface area contributed by atoms with Crippen molar-refractivity contribution in [1.82, 2.24) is 0 Å². The first kappa shape index (κ1) is 27.9. The number of hydrogen-bond donors (Lipinski definition) is 0. The average molecular weight is 635 g/mol. The van der Waals surface area contributed by atoms with Crippen LogP contribution in [0.4, 0.5) is 0 Å². The highest BCUT2D eigenvalue weighted by atomic mass is 14.3. The molecule has 0 radical (unpaired) electrons. The van der Waals surface area contributed by atoms with E-state index in [0.717, 1.165) is 0 Å².